The molecule has 0 spiro atoms. The van der Waals surface area contributed by atoms with E-state index in [2.05, 4.69) is 10.3 Å². The number of aromatic nitrogens is 1. The molecule has 3 rings (SSSR count). The molecule has 2 heterocycles. The summed E-state index contributed by atoms with van der Waals surface area (Å²) in [5.74, 6) is -2.26. The normalized spacial score (nSPS) is 17.7. The minimum atomic E-state index is -1.15. The summed E-state index contributed by atoms with van der Waals surface area (Å²) in [6.45, 7) is 0.592. The highest BCUT2D eigenvalue weighted by Crippen LogP contribution is 2.28. The maximum absolute atomic E-state index is 13.9. The summed E-state index contributed by atoms with van der Waals surface area (Å²) < 4.78 is 27.4. The molecule has 3 N–H and O–H groups in total. The Balaban J connectivity index is 1.85. The molecule has 23 heavy (non-hydrogen) atoms. The Labute approximate surface area is 134 Å². The van der Waals surface area contributed by atoms with Gasteiger partial charge in [0.25, 0.3) is 5.91 Å². The van der Waals surface area contributed by atoms with Gasteiger partial charge in [0.1, 0.15) is 16.5 Å². The Morgan fingerprint density at radius 2 is 2.13 bits per heavy atom. The fraction of sp³-hybridized carbons (Fsp3) is 0.286. The molecule has 0 aliphatic carbocycles. The van der Waals surface area contributed by atoms with E-state index in [1.807, 2.05) is 0 Å². The van der Waals surface area contributed by atoms with Crippen LogP contribution in [0.15, 0.2) is 12.1 Å². The first-order valence-corrected chi connectivity index (χ1v) is 7.19. The van der Waals surface area contributed by atoms with Gasteiger partial charge in [0.2, 0.25) is 0 Å². The summed E-state index contributed by atoms with van der Waals surface area (Å²) >= 11 is 5.51. The van der Waals surface area contributed by atoms with Crippen molar-refractivity contribution < 1.29 is 23.5 Å². The quantitative estimate of drug-likeness (QED) is 0.733. The number of H-pyrrole nitrogens is 1. The predicted octanol–water partition coefficient (Wildman–Crippen LogP) is 2.58. The van der Waals surface area contributed by atoms with Crippen molar-refractivity contribution in [1.82, 2.24) is 15.2 Å². The Kier molecular flexibility index (Phi) is 3.85. The molecule has 9 heteroatoms. The monoisotopic (exact) mass is 343 g/mol. The molecule has 1 fully saturated rings. The van der Waals surface area contributed by atoms with Crippen molar-refractivity contribution in [3.05, 3.63) is 34.5 Å². The van der Waals surface area contributed by atoms with Crippen molar-refractivity contribution >= 4 is 34.5 Å². The van der Waals surface area contributed by atoms with Crippen molar-refractivity contribution in [2.45, 2.75) is 12.5 Å². The number of rotatable bonds is 2. The summed E-state index contributed by atoms with van der Waals surface area (Å²) in [5, 5.41) is 10.6. The highest BCUT2D eigenvalue weighted by molar-refractivity contribution is 6.31. The predicted molar refractivity (Wildman–Crippen MR) is 78.7 cm³/mol. The van der Waals surface area contributed by atoms with Crippen molar-refractivity contribution in [1.29, 1.82) is 0 Å². The number of fused-ring (bicyclic) bond motifs is 1. The average molecular weight is 344 g/mol. The summed E-state index contributed by atoms with van der Waals surface area (Å²) in [4.78, 5) is 27.1. The van der Waals surface area contributed by atoms with Crippen LogP contribution in [0.5, 0.6) is 0 Å². The number of hydrogen-bond acceptors (Lipinski definition) is 2. The molecular formula is C14H12ClF2N3O3. The number of hydrogen-bond donors (Lipinski definition) is 3. The fourth-order valence-electron chi connectivity index (χ4n) is 2.70. The van der Waals surface area contributed by atoms with Gasteiger partial charge in [-0.15, -0.1) is 0 Å². The maximum atomic E-state index is 13.9. The highest BCUT2D eigenvalue weighted by Gasteiger charge is 2.29. The first-order valence-electron chi connectivity index (χ1n) is 6.81. The maximum Gasteiger partial charge on any atom is 0.404 e. The van der Waals surface area contributed by atoms with E-state index in [1.165, 1.54) is 11.0 Å². The molecule has 1 aliphatic heterocycles. The molecule has 0 bridgehead atoms. The number of likely N-dealkylation sites (tertiary alicyclic amines) is 1. The number of nitrogens with zero attached hydrogens (tertiary/aromatic N) is 1. The third kappa shape index (κ3) is 2.81. The molecule has 1 saturated heterocycles. The van der Waals surface area contributed by atoms with E-state index in [-0.39, 0.29) is 29.2 Å². The van der Waals surface area contributed by atoms with Gasteiger partial charge in [0, 0.05) is 18.5 Å². The van der Waals surface area contributed by atoms with Gasteiger partial charge >= 0.3 is 6.09 Å². The van der Waals surface area contributed by atoms with Crippen LogP contribution in [0.1, 0.15) is 16.9 Å². The van der Waals surface area contributed by atoms with E-state index in [4.69, 9.17) is 16.7 Å². The van der Waals surface area contributed by atoms with Crippen LogP contribution in [0.4, 0.5) is 13.6 Å². The molecule has 122 valence electrons. The second kappa shape index (κ2) is 5.69. The molecule has 1 aliphatic rings. The number of carbonyl (C=O) groups excluding carboxylic acids is 1. The molecule has 1 unspecified atom stereocenters. The van der Waals surface area contributed by atoms with Gasteiger partial charge in [-0.05, 0) is 18.6 Å². The summed E-state index contributed by atoms with van der Waals surface area (Å²) in [6, 6.07) is 2.05. The Bertz CT molecular complexity index is 808. The van der Waals surface area contributed by atoms with Crippen LogP contribution in [-0.2, 0) is 0 Å². The zero-order chi connectivity index (χ0) is 16.7. The van der Waals surface area contributed by atoms with Gasteiger partial charge in [0.15, 0.2) is 5.82 Å². The molecule has 2 amide bonds. The van der Waals surface area contributed by atoms with Crippen LogP contribution < -0.4 is 5.32 Å². The summed E-state index contributed by atoms with van der Waals surface area (Å²) in [5.41, 5.74) is 0.0516. The van der Waals surface area contributed by atoms with Crippen LogP contribution in [0, 0.1) is 11.6 Å². The number of carbonyl (C=O) groups is 2. The zero-order valence-corrected chi connectivity index (χ0v) is 12.5. The minimum Gasteiger partial charge on any atom is -0.465 e. The first kappa shape index (κ1) is 15.5. The lowest BCUT2D eigenvalue weighted by Gasteiger charge is -2.15. The van der Waals surface area contributed by atoms with Crippen molar-refractivity contribution in [3.8, 4) is 0 Å². The van der Waals surface area contributed by atoms with Gasteiger partial charge in [-0.3, -0.25) is 4.79 Å². The average Bonchev–Trinajstić information content (AvgIpc) is 3.10. The molecule has 1 aromatic carbocycles. The topological polar surface area (TPSA) is 85.4 Å². The van der Waals surface area contributed by atoms with E-state index >= 15 is 0 Å². The first-order chi connectivity index (χ1) is 10.9. The molecule has 1 aromatic heterocycles. The number of amides is 2. The molecule has 2 aromatic rings. The lowest BCUT2D eigenvalue weighted by atomic mass is 10.2. The smallest absolute Gasteiger partial charge is 0.404 e. The number of benzene rings is 1. The second-order valence-corrected chi connectivity index (χ2v) is 5.70. The lowest BCUT2D eigenvalue weighted by Crippen LogP contribution is -2.37. The van der Waals surface area contributed by atoms with Crippen LogP contribution >= 0.6 is 11.6 Å². The van der Waals surface area contributed by atoms with Gasteiger partial charge in [-0.25, -0.2) is 13.6 Å². The van der Waals surface area contributed by atoms with E-state index in [1.54, 1.807) is 0 Å². The highest BCUT2D eigenvalue weighted by atomic mass is 35.5. The van der Waals surface area contributed by atoms with Gasteiger partial charge in [0.05, 0.1) is 11.6 Å². The molecule has 6 nitrogen and oxygen atoms in total. The number of nitrogens with one attached hydrogen (secondary N) is 2. The van der Waals surface area contributed by atoms with Gasteiger partial charge in [-0.1, -0.05) is 11.6 Å². The van der Waals surface area contributed by atoms with E-state index in [0.29, 0.717) is 13.0 Å². The number of aromatic amines is 1. The van der Waals surface area contributed by atoms with E-state index in [9.17, 15) is 18.4 Å². The minimum absolute atomic E-state index is 0.0424. The molecule has 0 radical (unpaired) electrons. The van der Waals surface area contributed by atoms with E-state index in [0.717, 1.165) is 6.07 Å². The van der Waals surface area contributed by atoms with E-state index < -0.39 is 28.7 Å². The van der Waals surface area contributed by atoms with Gasteiger partial charge < -0.3 is 20.3 Å². The standard InChI is InChI=1S/C14H12ClF2N3O3/c15-10-8(16)3-6-4-9(19-12(6)11(10)17)13(21)20-2-1-7(5-20)18-14(22)23/h3-4,7,18-19H,1-2,5H2,(H,22,23). The second-order valence-electron chi connectivity index (χ2n) is 5.32. The van der Waals surface area contributed by atoms with Crippen molar-refractivity contribution in [2.75, 3.05) is 13.1 Å². The Morgan fingerprint density at radius 1 is 1.39 bits per heavy atom. The Hall–Kier alpha value is -2.35. The third-order valence-corrected chi connectivity index (χ3v) is 4.13. The van der Waals surface area contributed by atoms with Gasteiger partial charge in [-0.2, -0.15) is 0 Å². The van der Waals surface area contributed by atoms with Crippen molar-refractivity contribution in [3.63, 3.8) is 0 Å². The molecule has 0 saturated carbocycles. The fourth-order valence-corrected chi connectivity index (χ4v) is 2.85. The molecule has 1 atom stereocenters. The SMILES string of the molecule is O=C(O)NC1CCN(C(=O)c2cc3cc(F)c(Cl)c(F)c3[nH]2)C1. The zero-order valence-electron chi connectivity index (χ0n) is 11.7. The van der Waals surface area contributed by atoms with Crippen LogP contribution in [0.2, 0.25) is 5.02 Å². The van der Waals surface area contributed by atoms with Crippen LogP contribution in [0.25, 0.3) is 10.9 Å². The lowest BCUT2D eigenvalue weighted by molar-refractivity contribution is 0.0783. The van der Waals surface area contributed by atoms with Crippen molar-refractivity contribution in [2.24, 2.45) is 0 Å². The summed E-state index contributed by atoms with van der Waals surface area (Å²) in [7, 11) is 0. The molecular weight excluding hydrogens is 332 g/mol. The Morgan fingerprint density at radius 3 is 2.83 bits per heavy atom. The number of carboxylic acid groups (broad SMARTS) is 1. The third-order valence-electron chi connectivity index (χ3n) is 3.79. The largest absolute Gasteiger partial charge is 0.465 e. The van der Waals surface area contributed by atoms with Crippen LogP contribution in [-0.4, -0.2) is 46.1 Å². The van der Waals surface area contributed by atoms with Crippen LogP contribution in [0.3, 0.4) is 0 Å². The number of halogens is 3. The summed E-state index contributed by atoms with van der Waals surface area (Å²) in [6.07, 6.45) is -0.658.